The van der Waals surface area contributed by atoms with Gasteiger partial charge in [0.05, 0.1) is 32.2 Å². The van der Waals surface area contributed by atoms with Crippen LogP contribution in [0.3, 0.4) is 0 Å². The summed E-state index contributed by atoms with van der Waals surface area (Å²) in [6, 6.07) is 12.8. The fraction of sp³-hybridized carbons (Fsp3) is 0.381. The Labute approximate surface area is 172 Å². The standard InChI is InChI=1S/C21H28N2O5S/c1-6-18(23(29(5,25)26)17-10-8-7-9-11-17)21(24)22-15(2)16-12-13-19(27-3)20(14-16)28-4/h7-15,18H,6H2,1-5H3,(H,22,24)/t15-,18-/m1/s1. The Kier molecular flexibility index (Phi) is 7.50. The molecule has 7 nitrogen and oxygen atoms in total. The van der Waals surface area contributed by atoms with Gasteiger partial charge in [0.15, 0.2) is 11.5 Å². The minimum absolute atomic E-state index is 0.326. The first-order chi connectivity index (χ1) is 13.7. The van der Waals surface area contributed by atoms with Gasteiger partial charge in [0.25, 0.3) is 0 Å². The fourth-order valence-corrected chi connectivity index (χ4v) is 4.36. The van der Waals surface area contributed by atoms with Crippen LogP contribution < -0.4 is 19.1 Å². The first-order valence-corrected chi connectivity index (χ1v) is 11.1. The lowest BCUT2D eigenvalue weighted by atomic mass is 10.1. The van der Waals surface area contributed by atoms with Crippen molar-refractivity contribution in [3.05, 3.63) is 54.1 Å². The molecule has 158 valence electrons. The molecule has 0 saturated carbocycles. The number of nitrogens with one attached hydrogen (secondary N) is 1. The van der Waals surface area contributed by atoms with Gasteiger partial charge in [-0.2, -0.15) is 0 Å². The monoisotopic (exact) mass is 420 g/mol. The zero-order chi connectivity index (χ0) is 21.6. The van der Waals surface area contributed by atoms with Crippen LogP contribution in [0, 0.1) is 0 Å². The van der Waals surface area contributed by atoms with Crippen molar-refractivity contribution in [2.45, 2.75) is 32.4 Å². The van der Waals surface area contributed by atoms with E-state index in [9.17, 15) is 13.2 Å². The zero-order valence-electron chi connectivity index (χ0n) is 17.4. The maximum Gasteiger partial charge on any atom is 0.244 e. The Morgan fingerprint density at radius 3 is 2.21 bits per heavy atom. The highest BCUT2D eigenvalue weighted by molar-refractivity contribution is 7.92. The van der Waals surface area contributed by atoms with Crippen molar-refractivity contribution in [2.24, 2.45) is 0 Å². The van der Waals surface area contributed by atoms with Gasteiger partial charge in [-0.1, -0.05) is 31.2 Å². The van der Waals surface area contributed by atoms with E-state index in [1.807, 2.05) is 13.0 Å². The van der Waals surface area contributed by atoms with Crippen LogP contribution in [0.1, 0.15) is 31.9 Å². The molecule has 0 aliphatic rings. The number of amides is 1. The largest absolute Gasteiger partial charge is 0.493 e. The van der Waals surface area contributed by atoms with Gasteiger partial charge in [-0.25, -0.2) is 8.42 Å². The van der Waals surface area contributed by atoms with E-state index in [1.165, 1.54) is 4.31 Å². The summed E-state index contributed by atoms with van der Waals surface area (Å²) in [4.78, 5) is 13.0. The van der Waals surface area contributed by atoms with Gasteiger partial charge in [-0.15, -0.1) is 0 Å². The van der Waals surface area contributed by atoms with Crippen molar-refractivity contribution in [1.82, 2.24) is 5.32 Å². The van der Waals surface area contributed by atoms with Gasteiger partial charge in [-0.3, -0.25) is 9.10 Å². The molecule has 0 aromatic heterocycles. The normalized spacial score (nSPS) is 13.3. The Balaban J connectivity index is 2.28. The number of carbonyl (C=O) groups is 1. The Hall–Kier alpha value is -2.74. The van der Waals surface area contributed by atoms with Gasteiger partial charge in [0.1, 0.15) is 6.04 Å². The van der Waals surface area contributed by atoms with E-state index in [1.54, 1.807) is 63.6 Å². The highest BCUT2D eigenvalue weighted by Gasteiger charge is 2.32. The maximum atomic E-state index is 13.0. The van der Waals surface area contributed by atoms with Crippen molar-refractivity contribution < 1.29 is 22.7 Å². The van der Waals surface area contributed by atoms with Gasteiger partial charge in [0, 0.05) is 0 Å². The van der Waals surface area contributed by atoms with Crippen molar-refractivity contribution >= 4 is 21.6 Å². The molecule has 0 fully saturated rings. The summed E-state index contributed by atoms with van der Waals surface area (Å²) in [5.41, 5.74) is 1.27. The summed E-state index contributed by atoms with van der Waals surface area (Å²) in [5, 5.41) is 2.92. The number of hydrogen-bond acceptors (Lipinski definition) is 5. The minimum atomic E-state index is -3.66. The van der Waals surface area contributed by atoms with E-state index in [-0.39, 0.29) is 11.9 Å². The average molecular weight is 421 g/mol. The number of methoxy groups -OCH3 is 2. The predicted octanol–water partition coefficient (Wildman–Crippen LogP) is 3.13. The van der Waals surface area contributed by atoms with Crippen LogP contribution in [-0.4, -0.2) is 40.8 Å². The molecule has 1 N–H and O–H groups in total. The Morgan fingerprint density at radius 2 is 1.69 bits per heavy atom. The number of nitrogens with zero attached hydrogens (tertiary/aromatic N) is 1. The van der Waals surface area contributed by atoms with Crippen LogP contribution in [0.4, 0.5) is 5.69 Å². The van der Waals surface area contributed by atoms with Crippen LogP contribution in [0.5, 0.6) is 11.5 Å². The molecule has 8 heteroatoms. The second-order valence-corrected chi connectivity index (χ2v) is 8.52. The van der Waals surface area contributed by atoms with Crippen LogP contribution in [-0.2, 0) is 14.8 Å². The second-order valence-electron chi connectivity index (χ2n) is 6.66. The smallest absolute Gasteiger partial charge is 0.244 e. The number of hydrogen-bond donors (Lipinski definition) is 1. The zero-order valence-corrected chi connectivity index (χ0v) is 18.2. The SMILES string of the molecule is CC[C@H](C(=O)N[C@H](C)c1ccc(OC)c(OC)c1)N(c1ccccc1)S(C)(=O)=O. The molecule has 2 atom stereocenters. The first kappa shape index (κ1) is 22.5. The third-order valence-electron chi connectivity index (χ3n) is 4.61. The molecule has 1 amide bonds. The van der Waals surface area contributed by atoms with Crippen molar-refractivity contribution in [3.8, 4) is 11.5 Å². The molecule has 0 saturated heterocycles. The third kappa shape index (κ3) is 5.41. The molecule has 2 aromatic rings. The summed E-state index contributed by atoms with van der Waals surface area (Å²) in [6.45, 7) is 3.62. The van der Waals surface area contributed by atoms with Gasteiger partial charge < -0.3 is 14.8 Å². The summed E-state index contributed by atoms with van der Waals surface area (Å²) in [6.07, 6.45) is 1.43. The highest BCUT2D eigenvalue weighted by atomic mass is 32.2. The molecular formula is C21H28N2O5S. The molecule has 0 unspecified atom stereocenters. The lowest BCUT2D eigenvalue weighted by Gasteiger charge is -2.31. The number of rotatable bonds is 9. The molecular weight excluding hydrogens is 392 g/mol. The third-order valence-corrected chi connectivity index (χ3v) is 5.79. The van der Waals surface area contributed by atoms with E-state index in [2.05, 4.69) is 5.32 Å². The van der Waals surface area contributed by atoms with Crippen molar-refractivity contribution in [3.63, 3.8) is 0 Å². The van der Waals surface area contributed by atoms with Crippen molar-refractivity contribution in [1.29, 1.82) is 0 Å². The second kappa shape index (κ2) is 9.65. The minimum Gasteiger partial charge on any atom is -0.493 e. The molecule has 0 aliphatic heterocycles. The molecule has 29 heavy (non-hydrogen) atoms. The quantitative estimate of drug-likeness (QED) is 0.674. The van der Waals surface area contributed by atoms with Crippen LogP contribution in [0.2, 0.25) is 0 Å². The molecule has 2 aromatic carbocycles. The molecule has 0 bridgehead atoms. The van der Waals surface area contributed by atoms with Crippen LogP contribution in [0.25, 0.3) is 0 Å². The first-order valence-electron chi connectivity index (χ1n) is 9.29. The van der Waals surface area contributed by atoms with Crippen LogP contribution >= 0.6 is 0 Å². The van der Waals surface area contributed by atoms with Gasteiger partial charge in [0.2, 0.25) is 15.9 Å². The fourth-order valence-electron chi connectivity index (χ4n) is 3.15. The van der Waals surface area contributed by atoms with Crippen LogP contribution in [0.15, 0.2) is 48.5 Å². The lowest BCUT2D eigenvalue weighted by molar-refractivity contribution is -0.122. The number of benzene rings is 2. The molecule has 0 spiro atoms. The van der Waals surface area contributed by atoms with Gasteiger partial charge >= 0.3 is 0 Å². The number of sulfonamides is 1. The Morgan fingerprint density at radius 1 is 1.07 bits per heavy atom. The number of carbonyl (C=O) groups excluding carboxylic acids is 1. The highest BCUT2D eigenvalue weighted by Crippen LogP contribution is 2.30. The summed E-state index contributed by atoms with van der Waals surface area (Å²) in [5.74, 6) is 0.776. The average Bonchev–Trinajstić information content (AvgIpc) is 2.70. The molecule has 0 aliphatic carbocycles. The topological polar surface area (TPSA) is 84.9 Å². The van der Waals surface area contributed by atoms with Gasteiger partial charge in [-0.05, 0) is 43.2 Å². The van der Waals surface area contributed by atoms with E-state index in [4.69, 9.17) is 9.47 Å². The summed E-state index contributed by atoms with van der Waals surface area (Å²) in [7, 11) is -0.561. The van der Waals surface area contributed by atoms with E-state index >= 15 is 0 Å². The van der Waals surface area contributed by atoms with E-state index in [0.717, 1.165) is 11.8 Å². The predicted molar refractivity (Wildman–Crippen MR) is 114 cm³/mol. The maximum absolute atomic E-state index is 13.0. The van der Waals surface area contributed by atoms with Crippen molar-refractivity contribution in [2.75, 3.05) is 24.8 Å². The lowest BCUT2D eigenvalue weighted by Crippen LogP contribution is -2.49. The molecule has 0 radical (unpaired) electrons. The Bertz CT molecular complexity index is 931. The molecule has 2 rings (SSSR count). The van der Waals surface area contributed by atoms with E-state index in [0.29, 0.717) is 23.6 Å². The number of para-hydroxylation sites is 1. The summed E-state index contributed by atoms with van der Waals surface area (Å²) < 4.78 is 36.7. The van der Waals surface area contributed by atoms with E-state index < -0.39 is 16.1 Å². The number of ether oxygens (including phenoxy) is 2. The number of anilines is 1. The molecule has 0 heterocycles. The summed E-state index contributed by atoms with van der Waals surface area (Å²) >= 11 is 0.